The Balaban J connectivity index is 0.00000163. The van der Waals surface area contributed by atoms with Gasteiger partial charge in [0.25, 0.3) is 11.8 Å². The van der Waals surface area contributed by atoms with Crippen molar-refractivity contribution in [3.63, 3.8) is 0 Å². The van der Waals surface area contributed by atoms with Gasteiger partial charge in [0, 0.05) is 6.42 Å². The van der Waals surface area contributed by atoms with Crippen LogP contribution < -0.4 is 11.1 Å². The third-order valence-corrected chi connectivity index (χ3v) is 3.60. The number of Topliss-reactive ketones (excluding diaryl/α,β-unsaturated/α-hetero) is 1. The van der Waals surface area contributed by atoms with Crippen LogP contribution in [0.4, 0.5) is 4.39 Å². The highest BCUT2D eigenvalue weighted by Crippen LogP contribution is 2.13. The molecule has 2 rings (SSSR count). The molecule has 6 heteroatoms. The molecule has 0 saturated heterocycles. The number of amides is 2. The smallest absolute Gasteiger partial charge is 0.287 e. The highest BCUT2D eigenvalue weighted by atomic mass is 19.1. The summed E-state index contributed by atoms with van der Waals surface area (Å²) in [6.45, 7) is 5.58. The van der Waals surface area contributed by atoms with Gasteiger partial charge in [-0.3, -0.25) is 14.4 Å². The molecular weight excluding hydrogens is 335 g/mol. The number of ketones is 1. The summed E-state index contributed by atoms with van der Waals surface area (Å²) in [4.78, 5) is 35.6. The predicted octanol–water partition coefficient (Wildman–Crippen LogP) is 2.56. The Morgan fingerprint density at radius 2 is 1.65 bits per heavy atom. The van der Waals surface area contributed by atoms with Crippen molar-refractivity contribution in [2.75, 3.05) is 0 Å². The molecule has 0 aliphatic heterocycles. The number of nitrogens with two attached hydrogens (primary N) is 1. The van der Waals surface area contributed by atoms with Crippen LogP contribution in [0.2, 0.25) is 0 Å². The van der Waals surface area contributed by atoms with Gasteiger partial charge in [-0.25, -0.2) is 4.39 Å². The zero-order valence-electron chi connectivity index (χ0n) is 15.1. The van der Waals surface area contributed by atoms with Crippen molar-refractivity contribution < 1.29 is 18.8 Å². The van der Waals surface area contributed by atoms with Crippen molar-refractivity contribution in [3.05, 3.63) is 71.0 Å². The van der Waals surface area contributed by atoms with Crippen LogP contribution in [0.1, 0.15) is 35.3 Å². The molecular formula is C20H23FN2O3. The summed E-state index contributed by atoms with van der Waals surface area (Å²) in [5.41, 5.74) is 6.06. The van der Waals surface area contributed by atoms with Crippen molar-refractivity contribution in [3.8, 4) is 0 Å². The minimum Gasteiger partial charge on any atom is -0.363 e. The Kier molecular flexibility index (Phi) is 8.15. The largest absolute Gasteiger partial charge is 0.363 e. The molecule has 2 aromatic rings. The molecule has 0 spiro atoms. The maximum atomic E-state index is 13.9. The molecule has 0 saturated carbocycles. The van der Waals surface area contributed by atoms with Gasteiger partial charge in [-0.05, 0) is 24.1 Å². The number of benzene rings is 2. The Labute approximate surface area is 152 Å². The summed E-state index contributed by atoms with van der Waals surface area (Å²) < 4.78 is 13.9. The van der Waals surface area contributed by atoms with Crippen molar-refractivity contribution in [1.29, 1.82) is 0 Å². The number of carbonyl (C=O) groups is 3. The summed E-state index contributed by atoms with van der Waals surface area (Å²) in [5, 5.41) is 2.42. The van der Waals surface area contributed by atoms with Crippen LogP contribution in [0.15, 0.2) is 48.5 Å². The van der Waals surface area contributed by atoms with E-state index in [9.17, 15) is 18.8 Å². The molecule has 0 aliphatic rings. The van der Waals surface area contributed by atoms with E-state index < -0.39 is 29.5 Å². The third-order valence-electron chi connectivity index (χ3n) is 3.60. The molecule has 1 unspecified atom stereocenters. The molecule has 2 aromatic carbocycles. The molecule has 0 aliphatic carbocycles. The monoisotopic (exact) mass is 358 g/mol. The summed E-state index contributed by atoms with van der Waals surface area (Å²) in [7, 11) is 0. The van der Waals surface area contributed by atoms with E-state index in [1.807, 2.05) is 13.8 Å². The van der Waals surface area contributed by atoms with E-state index in [2.05, 4.69) is 5.32 Å². The van der Waals surface area contributed by atoms with E-state index >= 15 is 0 Å². The number of nitrogens with one attached hydrogen (secondary N) is 1. The van der Waals surface area contributed by atoms with E-state index in [1.165, 1.54) is 6.07 Å². The molecule has 0 aromatic heterocycles. The normalized spacial score (nSPS) is 10.9. The number of hydrogen-bond donors (Lipinski definition) is 2. The summed E-state index contributed by atoms with van der Waals surface area (Å²) in [6.07, 6.45) is 0.0852. The zero-order chi connectivity index (χ0) is 19.7. The maximum Gasteiger partial charge on any atom is 0.287 e. The van der Waals surface area contributed by atoms with Gasteiger partial charge in [0.15, 0.2) is 0 Å². The number of primary amides is 1. The second-order valence-corrected chi connectivity index (χ2v) is 5.38. The summed E-state index contributed by atoms with van der Waals surface area (Å²) in [6, 6.07) is 11.9. The Morgan fingerprint density at radius 1 is 1.04 bits per heavy atom. The lowest BCUT2D eigenvalue weighted by Gasteiger charge is -2.17. The molecule has 0 radical (unpaired) electrons. The highest BCUT2D eigenvalue weighted by molar-refractivity contribution is 6.38. The minimum absolute atomic E-state index is 0.0852. The van der Waals surface area contributed by atoms with Crippen LogP contribution in [0.25, 0.3) is 0 Å². The van der Waals surface area contributed by atoms with E-state index in [4.69, 9.17) is 5.73 Å². The fraction of sp³-hybridized carbons (Fsp3) is 0.250. The van der Waals surface area contributed by atoms with Crippen molar-refractivity contribution >= 4 is 17.6 Å². The predicted molar refractivity (Wildman–Crippen MR) is 98.1 cm³/mol. The Bertz CT molecular complexity index is 756. The van der Waals surface area contributed by atoms with Crippen LogP contribution in [-0.4, -0.2) is 23.6 Å². The lowest BCUT2D eigenvalue weighted by Crippen LogP contribution is -2.47. The van der Waals surface area contributed by atoms with E-state index in [0.29, 0.717) is 5.56 Å². The average Bonchev–Trinajstić information content (AvgIpc) is 2.63. The van der Waals surface area contributed by atoms with Crippen molar-refractivity contribution in [2.45, 2.75) is 33.2 Å². The van der Waals surface area contributed by atoms with Crippen LogP contribution in [-0.2, 0) is 16.0 Å². The lowest BCUT2D eigenvalue weighted by atomic mass is 10.0. The van der Waals surface area contributed by atoms with Gasteiger partial charge >= 0.3 is 0 Å². The fourth-order valence-electron chi connectivity index (χ4n) is 2.38. The molecule has 26 heavy (non-hydrogen) atoms. The first-order chi connectivity index (χ1) is 12.4. The Hall–Kier alpha value is -3.02. The first-order valence-corrected chi connectivity index (χ1v) is 8.33. The van der Waals surface area contributed by atoms with Gasteiger partial charge in [-0.1, -0.05) is 56.3 Å². The molecule has 0 bridgehead atoms. The molecule has 0 heterocycles. The minimum atomic E-state index is -1.16. The summed E-state index contributed by atoms with van der Waals surface area (Å²) in [5.74, 6) is -3.54. The van der Waals surface area contributed by atoms with E-state index in [-0.39, 0.29) is 12.0 Å². The zero-order valence-corrected chi connectivity index (χ0v) is 15.1. The van der Waals surface area contributed by atoms with Gasteiger partial charge in [-0.15, -0.1) is 0 Å². The summed E-state index contributed by atoms with van der Waals surface area (Å²) >= 11 is 0. The van der Waals surface area contributed by atoms with E-state index in [0.717, 1.165) is 11.6 Å². The van der Waals surface area contributed by atoms with Gasteiger partial charge in [0.2, 0.25) is 5.78 Å². The molecule has 2 amide bonds. The maximum absolute atomic E-state index is 13.9. The standard InChI is InChI=1S/C18H17FN2O3.C2H6/c1-11-6-5-9-13(19)15(11)18(24)21-14(16(22)17(20)23)10-12-7-3-2-4-8-12;1-2/h2-9,14H,10H2,1H3,(H2,20,23)(H,21,24);1-2H3. The topological polar surface area (TPSA) is 89.3 Å². The Morgan fingerprint density at radius 3 is 2.19 bits per heavy atom. The van der Waals surface area contributed by atoms with Crippen LogP contribution in [0.3, 0.4) is 0 Å². The third kappa shape index (κ3) is 5.51. The van der Waals surface area contributed by atoms with Gasteiger partial charge in [0.1, 0.15) is 11.9 Å². The molecule has 138 valence electrons. The SMILES string of the molecule is CC.Cc1cccc(F)c1C(=O)NC(Cc1ccccc1)C(=O)C(N)=O. The first-order valence-electron chi connectivity index (χ1n) is 8.33. The average molecular weight is 358 g/mol. The van der Waals surface area contributed by atoms with Crippen molar-refractivity contribution in [2.24, 2.45) is 5.73 Å². The molecule has 1 atom stereocenters. The van der Waals surface area contributed by atoms with Gasteiger partial charge in [-0.2, -0.15) is 0 Å². The van der Waals surface area contributed by atoms with Crippen LogP contribution >= 0.6 is 0 Å². The second-order valence-electron chi connectivity index (χ2n) is 5.38. The number of hydrogen-bond acceptors (Lipinski definition) is 3. The van der Waals surface area contributed by atoms with E-state index in [1.54, 1.807) is 43.3 Å². The first kappa shape index (κ1) is 21.0. The lowest BCUT2D eigenvalue weighted by molar-refractivity contribution is -0.137. The molecule has 0 fully saturated rings. The quantitative estimate of drug-likeness (QED) is 0.778. The highest BCUT2D eigenvalue weighted by Gasteiger charge is 2.27. The molecule has 3 N–H and O–H groups in total. The second kappa shape index (κ2) is 10.1. The fourth-order valence-corrected chi connectivity index (χ4v) is 2.38. The van der Waals surface area contributed by atoms with Crippen molar-refractivity contribution in [1.82, 2.24) is 5.32 Å². The number of rotatable bonds is 6. The number of aryl methyl sites for hydroxylation is 1. The van der Waals surface area contributed by atoms with Gasteiger partial charge < -0.3 is 11.1 Å². The number of carbonyl (C=O) groups excluding carboxylic acids is 3. The van der Waals surface area contributed by atoms with Crippen LogP contribution in [0.5, 0.6) is 0 Å². The molecule has 5 nitrogen and oxygen atoms in total. The van der Waals surface area contributed by atoms with Gasteiger partial charge in [0.05, 0.1) is 5.56 Å². The van der Waals surface area contributed by atoms with Crippen LogP contribution in [0, 0.1) is 12.7 Å². The number of halogens is 1.